The molecule has 24 heavy (non-hydrogen) atoms. The summed E-state index contributed by atoms with van der Waals surface area (Å²) < 4.78 is 1.90. The number of nitrogens with zero attached hydrogens (tertiary/aromatic N) is 3. The smallest absolute Gasteiger partial charge is 0.275 e. The van der Waals surface area contributed by atoms with Crippen molar-refractivity contribution in [2.45, 2.75) is 6.92 Å². The number of phenolic OH excluding ortho intramolecular Hbond substituents is 1. The number of hydrogen-bond acceptors (Lipinski definition) is 4. The molecule has 0 bridgehead atoms. The van der Waals surface area contributed by atoms with Crippen molar-refractivity contribution in [3.63, 3.8) is 0 Å². The average molecular weight is 320 g/mol. The van der Waals surface area contributed by atoms with Gasteiger partial charge in [-0.05, 0) is 36.8 Å². The lowest BCUT2D eigenvalue weighted by Gasteiger charge is -2.06. The normalized spacial score (nSPS) is 11.3. The Morgan fingerprint density at radius 1 is 1.17 bits per heavy atom. The summed E-state index contributed by atoms with van der Waals surface area (Å²) in [5.74, 6) is -0.532. The Balaban J connectivity index is 1.72. The number of amides is 1. The molecule has 3 aromatic rings. The van der Waals surface area contributed by atoms with Gasteiger partial charge in [-0.1, -0.05) is 24.3 Å². The van der Waals surface area contributed by atoms with Crippen LogP contribution in [0.1, 0.15) is 22.8 Å². The maximum atomic E-state index is 12.0. The first kappa shape index (κ1) is 15.5. The van der Waals surface area contributed by atoms with Crippen LogP contribution in [0.5, 0.6) is 5.75 Å². The Kier molecular flexibility index (Phi) is 4.38. The minimum absolute atomic E-state index is 0.0764. The first-order valence-corrected chi connectivity index (χ1v) is 7.36. The molecule has 120 valence electrons. The largest absolute Gasteiger partial charge is 0.507 e. The summed E-state index contributed by atoms with van der Waals surface area (Å²) >= 11 is 0. The summed E-state index contributed by atoms with van der Waals surface area (Å²) in [5.41, 5.74) is 5.18. The van der Waals surface area contributed by atoms with Gasteiger partial charge in [-0.15, -0.1) is 0 Å². The number of para-hydroxylation sites is 1. The molecule has 3 rings (SSSR count). The number of imidazole rings is 1. The molecule has 2 N–H and O–H groups in total. The summed E-state index contributed by atoms with van der Waals surface area (Å²) in [4.78, 5) is 16.0. The van der Waals surface area contributed by atoms with Crippen LogP contribution in [0.25, 0.3) is 5.69 Å². The number of aromatic nitrogens is 2. The van der Waals surface area contributed by atoms with E-state index in [2.05, 4.69) is 15.5 Å². The Bertz CT molecular complexity index is 868. The van der Waals surface area contributed by atoms with Crippen molar-refractivity contribution in [3.8, 4) is 11.4 Å². The van der Waals surface area contributed by atoms with Crippen molar-refractivity contribution < 1.29 is 9.90 Å². The summed E-state index contributed by atoms with van der Waals surface area (Å²) in [6.07, 6.45) is 5.31. The molecule has 0 atom stereocenters. The highest BCUT2D eigenvalue weighted by Crippen LogP contribution is 2.15. The van der Waals surface area contributed by atoms with Crippen LogP contribution in [0.4, 0.5) is 0 Å². The molecular weight excluding hydrogens is 304 g/mol. The molecule has 6 heteroatoms. The Morgan fingerprint density at radius 3 is 2.58 bits per heavy atom. The van der Waals surface area contributed by atoms with Crippen LogP contribution in [0.2, 0.25) is 0 Å². The number of rotatable bonds is 4. The predicted octanol–water partition coefficient (Wildman–Crippen LogP) is 2.73. The number of hydrazone groups is 1. The Labute approximate surface area is 139 Å². The third kappa shape index (κ3) is 3.33. The number of aromatic hydroxyl groups is 1. The second-order valence-corrected chi connectivity index (χ2v) is 5.17. The van der Waals surface area contributed by atoms with Crippen LogP contribution < -0.4 is 5.43 Å². The van der Waals surface area contributed by atoms with Gasteiger partial charge >= 0.3 is 0 Å². The molecule has 0 saturated carbocycles. The first-order valence-electron chi connectivity index (χ1n) is 7.36. The summed E-state index contributed by atoms with van der Waals surface area (Å²) in [6.45, 7) is 1.80. The number of hydrogen-bond donors (Lipinski definition) is 2. The molecule has 0 fully saturated rings. The van der Waals surface area contributed by atoms with Crippen molar-refractivity contribution in [3.05, 3.63) is 78.4 Å². The molecule has 0 radical (unpaired) electrons. The molecule has 6 nitrogen and oxygen atoms in total. The third-order valence-corrected chi connectivity index (χ3v) is 3.56. The number of carbonyl (C=O) groups is 1. The van der Waals surface area contributed by atoms with Gasteiger partial charge in [0.15, 0.2) is 0 Å². The summed E-state index contributed by atoms with van der Waals surface area (Å²) in [6, 6.07) is 14.1. The van der Waals surface area contributed by atoms with E-state index < -0.39 is 5.91 Å². The van der Waals surface area contributed by atoms with Crippen LogP contribution >= 0.6 is 0 Å². The highest BCUT2D eigenvalue weighted by Gasteiger charge is 2.09. The van der Waals surface area contributed by atoms with Gasteiger partial charge in [-0.2, -0.15) is 5.10 Å². The fourth-order valence-corrected chi connectivity index (χ4v) is 2.21. The zero-order valence-electron chi connectivity index (χ0n) is 13.0. The van der Waals surface area contributed by atoms with E-state index in [0.717, 1.165) is 11.3 Å². The molecule has 0 saturated heterocycles. The number of phenols is 1. The number of nitrogens with one attached hydrogen (secondary N) is 1. The number of carbonyl (C=O) groups excluding carboxylic acids is 1. The molecule has 0 unspecified atom stereocenters. The van der Waals surface area contributed by atoms with Crippen molar-refractivity contribution >= 4 is 11.6 Å². The monoisotopic (exact) mass is 320 g/mol. The van der Waals surface area contributed by atoms with Gasteiger partial charge in [0.05, 0.1) is 17.6 Å². The quantitative estimate of drug-likeness (QED) is 0.573. The zero-order valence-corrected chi connectivity index (χ0v) is 13.0. The van der Waals surface area contributed by atoms with E-state index >= 15 is 0 Å². The van der Waals surface area contributed by atoms with Gasteiger partial charge in [0.2, 0.25) is 0 Å². The van der Waals surface area contributed by atoms with Crippen LogP contribution in [0, 0.1) is 0 Å². The van der Waals surface area contributed by atoms with Gasteiger partial charge in [0.25, 0.3) is 5.91 Å². The maximum Gasteiger partial charge on any atom is 0.275 e. The molecule has 0 aliphatic rings. The van der Waals surface area contributed by atoms with Gasteiger partial charge < -0.3 is 9.67 Å². The van der Waals surface area contributed by atoms with Crippen molar-refractivity contribution in [2.75, 3.05) is 0 Å². The topological polar surface area (TPSA) is 79.5 Å². The van der Waals surface area contributed by atoms with Crippen LogP contribution in [0.15, 0.2) is 72.4 Å². The Hall–Kier alpha value is -3.41. The van der Waals surface area contributed by atoms with E-state index in [1.165, 1.54) is 12.1 Å². The Morgan fingerprint density at radius 2 is 1.92 bits per heavy atom. The molecular formula is C18H16N4O2. The van der Waals surface area contributed by atoms with Crippen molar-refractivity contribution in [1.29, 1.82) is 0 Å². The molecule has 1 amide bonds. The summed E-state index contributed by atoms with van der Waals surface area (Å²) in [7, 11) is 0. The molecule has 2 aromatic carbocycles. The molecule has 0 aliphatic heterocycles. The molecule has 1 aromatic heterocycles. The lowest BCUT2D eigenvalue weighted by atomic mass is 10.1. The third-order valence-electron chi connectivity index (χ3n) is 3.56. The van der Waals surface area contributed by atoms with Crippen molar-refractivity contribution in [1.82, 2.24) is 15.0 Å². The lowest BCUT2D eigenvalue weighted by molar-refractivity contribution is 0.0952. The number of benzene rings is 2. The lowest BCUT2D eigenvalue weighted by Crippen LogP contribution is -2.19. The minimum atomic E-state index is -0.456. The van der Waals surface area contributed by atoms with Gasteiger partial charge in [0, 0.05) is 18.1 Å². The first-order chi connectivity index (χ1) is 11.6. The second kappa shape index (κ2) is 6.78. The highest BCUT2D eigenvalue weighted by atomic mass is 16.3. The van der Waals surface area contributed by atoms with E-state index in [1.54, 1.807) is 31.6 Å². The fourth-order valence-electron chi connectivity index (χ4n) is 2.21. The standard InChI is InChI=1S/C18H16N4O2/c1-13(20-21-18(24)16-4-2-3-5-17(16)23)14-6-8-15(9-7-14)22-11-10-19-12-22/h2-12,23H,1H3,(H,21,24)/b20-13-. The van der Waals surface area contributed by atoms with Gasteiger partial charge in [-0.3, -0.25) is 4.79 Å². The molecule has 0 spiro atoms. The van der Waals surface area contributed by atoms with Crippen LogP contribution in [-0.4, -0.2) is 26.3 Å². The zero-order chi connectivity index (χ0) is 16.9. The summed E-state index contributed by atoms with van der Waals surface area (Å²) in [5, 5.41) is 13.8. The van der Waals surface area contributed by atoms with Gasteiger partial charge in [0.1, 0.15) is 5.75 Å². The van der Waals surface area contributed by atoms with E-state index in [1.807, 2.05) is 35.0 Å². The predicted molar refractivity (Wildman–Crippen MR) is 91.3 cm³/mol. The highest BCUT2D eigenvalue weighted by molar-refractivity contribution is 6.01. The van der Waals surface area contributed by atoms with Crippen LogP contribution in [-0.2, 0) is 0 Å². The van der Waals surface area contributed by atoms with E-state index in [-0.39, 0.29) is 11.3 Å². The average Bonchev–Trinajstić information content (AvgIpc) is 3.14. The SMILES string of the molecule is C/C(=N/NC(=O)c1ccccc1O)c1ccc(-n2ccnc2)cc1. The van der Waals surface area contributed by atoms with Crippen LogP contribution in [0.3, 0.4) is 0 Å². The van der Waals surface area contributed by atoms with Gasteiger partial charge in [-0.25, -0.2) is 10.4 Å². The molecule has 0 aliphatic carbocycles. The minimum Gasteiger partial charge on any atom is -0.507 e. The molecule has 1 heterocycles. The maximum absolute atomic E-state index is 12.0. The second-order valence-electron chi connectivity index (χ2n) is 5.17. The van der Waals surface area contributed by atoms with E-state index in [9.17, 15) is 9.90 Å². The van der Waals surface area contributed by atoms with E-state index in [0.29, 0.717) is 5.71 Å². The fraction of sp³-hybridized carbons (Fsp3) is 0.0556. The van der Waals surface area contributed by atoms with Crippen molar-refractivity contribution in [2.24, 2.45) is 5.10 Å². The van der Waals surface area contributed by atoms with E-state index in [4.69, 9.17) is 0 Å².